The first-order valence-corrected chi connectivity index (χ1v) is 11.5. The number of hydrogen-bond acceptors (Lipinski definition) is 5. The monoisotopic (exact) mass is 450 g/mol. The van der Waals surface area contributed by atoms with Crippen molar-refractivity contribution >= 4 is 28.9 Å². The van der Waals surface area contributed by atoms with Crippen molar-refractivity contribution < 1.29 is 4.79 Å². The number of para-hydroxylation sites is 1. The molecule has 2 fully saturated rings. The van der Waals surface area contributed by atoms with Gasteiger partial charge >= 0.3 is 0 Å². The number of anilines is 2. The van der Waals surface area contributed by atoms with Crippen LogP contribution in [-0.4, -0.2) is 58.3 Å². The molecule has 0 bridgehead atoms. The lowest BCUT2D eigenvalue weighted by molar-refractivity contribution is 0.101. The van der Waals surface area contributed by atoms with Gasteiger partial charge in [0.25, 0.3) is 5.91 Å². The highest BCUT2D eigenvalue weighted by molar-refractivity contribution is 6.32. The van der Waals surface area contributed by atoms with Crippen molar-refractivity contribution in [2.24, 2.45) is 5.92 Å². The highest BCUT2D eigenvalue weighted by Gasteiger charge is 2.26. The first-order valence-electron chi connectivity index (χ1n) is 11.1. The first-order chi connectivity index (χ1) is 15.6. The predicted octanol–water partition coefficient (Wildman–Crippen LogP) is 4.01. The average Bonchev–Trinajstić information content (AvgIpc) is 3.53. The van der Waals surface area contributed by atoms with Crippen molar-refractivity contribution in [1.82, 2.24) is 19.7 Å². The topological polar surface area (TPSA) is 66.3 Å². The fourth-order valence-electron chi connectivity index (χ4n) is 4.16. The highest BCUT2D eigenvalue weighted by Crippen LogP contribution is 2.30. The Kier molecular flexibility index (Phi) is 5.85. The third-order valence-corrected chi connectivity index (χ3v) is 6.43. The molecule has 2 aliphatic rings. The van der Waals surface area contributed by atoms with E-state index in [0.717, 1.165) is 43.5 Å². The summed E-state index contributed by atoms with van der Waals surface area (Å²) < 4.78 is 1.59. The summed E-state index contributed by atoms with van der Waals surface area (Å²) in [6.45, 7) is 7.25. The number of amides is 1. The van der Waals surface area contributed by atoms with E-state index in [9.17, 15) is 4.79 Å². The Morgan fingerprint density at radius 1 is 1.09 bits per heavy atom. The molecular weight excluding hydrogens is 424 g/mol. The molecular formula is C24H27ClN6O. The molecule has 1 aliphatic heterocycles. The van der Waals surface area contributed by atoms with Gasteiger partial charge in [-0.1, -0.05) is 29.8 Å². The van der Waals surface area contributed by atoms with Gasteiger partial charge in [-0.3, -0.25) is 9.69 Å². The standard InChI is InChI=1S/C24H27ClN6O/c1-17-26-23(28-31(17)22-8-3-2-7-21(22)25)24(32)27-19-5-4-6-20(15-19)30-13-11-29(12-14-30)16-18-9-10-18/h2-8,15,18H,9-14,16H2,1H3,(H,27,32). The van der Waals surface area contributed by atoms with Crippen LogP contribution >= 0.6 is 11.6 Å². The molecule has 0 unspecified atom stereocenters. The smallest absolute Gasteiger partial charge is 0.295 e. The Hall–Kier alpha value is -2.90. The zero-order valence-electron chi connectivity index (χ0n) is 18.2. The third kappa shape index (κ3) is 4.64. The molecule has 5 rings (SSSR count). The van der Waals surface area contributed by atoms with Crippen LogP contribution in [0.2, 0.25) is 5.02 Å². The van der Waals surface area contributed by atoms with Gasteiger partial charge in [0.05, 0.1) is 10.7 Å². The molecule has 2 heterocycles. The molecule has 1 saturated carbocycles. The largest absolute Gasteiger partial charge is 0.369 e. The van der Waals surface area contributed by atoms with Gasteiger partial charge in [-0.2, -0.15) is 0 Å². The molecule has 32 heavy (non-hydrogen) atoms. The molecule has 7 nitrogen and oxygen atoms in total. The summed E-state index contributed by atoms with van der Waals surface area (Å²) in [7, 11) is 0. The molecule has 1 aliphatic carbocycles. The summed E-state index contributed by atoms with van der Waals surface area (Å²) in [6, 6.07) is 15.3. The SMILES string of the molecule is Cc1nc(C(=O)Nc2cccc(N3CCN(CC4CC4)CC3)c2)nn1-c1ccccc1Cl. The van der Waals surface area contributed by atoms with Gasteiger partial charge in [-0.15, -0.1) is 5.10 Å². The molecule has 1 saturated heterocycles. The Labute approximate surface area is 193 Å². The van der Waals surface area contributed by atoms with Crippen LogP contribution in [0.25, 0.3) is 5.69 Å². The summed E-state index contributed by atoms with van der Waals surface area (Å²) in [5.41, 5.74) is 2.56. The number of nitrogens with zero attached hydrogens (tertiary/aromatic N) is 5. The molecule has 8 heteroatoms. The van der Waals surface area contributed by atoms with E-state index in [4.69, 9.17) is 11.6 Å². The fourth-order valence-corrected chi connectivity index (χ4v) is 4.38. The maximum atomic E-state index is 12.8. The van der Waals surface area contributed by atoms with Crippen molar-refractivity contribution in [2.75, 3.05) is 42.9 Å². The van der Waals surface area contributed by atoms with Gasteiger partial charge in [0.15, 0.2) is 0 Å². The van der Waals surface area contributed by atoms with Gasteiger partial charge in [-0.05, 0) is 56.0 Å². The second kappa shape index (κ2) is 8.92. The summed E-state index contributed by atoms with van der Waals surface area (Å²) in [5.74, 6) is 1.30. The number of piperazine rings is 1. The van der Waals surface area contributed by atoms with Crippen LogP contribution in [0.3, 0.4) is 0 Å². The van der Waals surface area contributed by atoms with Crippen LogP contribution in [0.5, 0.6) is 0 Å². The Bertz CT molecular complexity index is 1120. The highest BCUT2D eigenvalue weighted by atomic mass is 35.5. The molecule has 0 radical (unpaired) electrons. The normalized spacial score (nSPS) is 16.9. The lowest BCUT2D eigenvalue weighted by Gasteiger charge is -2.36. The molecule has 1 N–H and O–H groups in total. The van der Waals surface area contributed by atoms with Crippen molar-refractivity contribution in [1.29, 1.82) is 0 Å². The Morgan fingerprint density at radius 2 is 1.88 bits per heavy atom. The van der Waals surface area contributed by atoms with Gasteiger partial charge in [0, 0.05) is 44.1 Å². The van der Waals surface area contributed by atoms with Gasteiger partial charge in [-0.25, -0.2) is 9.67 Å². The average molecular weight is 451 g/mol. The van der Waals surface area contributed by atoms with Gasteiger partial charge < -0.3 is 10.2 Å². The number of hydrogen-bond donors (Lipinski definition) is 1. The minimum Gasteiger partial charge on any atom is -0.369 e. The molecule has 166 valence electrons. The molecule has 3 aromatic rings. The summed E-state index contributed by atoms with van der Waals surface area (Å²) >= 11 is 6.28. The van der Waals surface area contributed by atoms with E-state index < -0.39 is 0 Å². The zero-order valence-corrected chi connectivity index (χ0v) is 18.9. The van der Waals surface area contributed by atoms with E-state index in [-0.39, 0.29) is 11.7 Å². The molecule has 0 spiro atoms. The second-order valence-corrected chi connectivity index (χ2v) is 8.99. The molecule has 1 aromatic heterocycles. The van der Waals surface area contributed by atoms with E-state index in [1.54, 1.807) is 17.7 Å². The first kappa shape index (κ1) is 21.0. The quantitative estimate of drug-likeness (QED) is 0.614. The number of benzene rings is 2. The number of halogens is 1. The Balaban J connectivity index is 1.25. The summed E-state index contributed by atoms with van der Waals surface area (Å²) in [4.78, 5) is 22.1. The van der Waals surface area contributed by atoms with E-state index in [0.29, 0.717) is 16.5 Å². The van der Waals surface area contributed by atoms with Crippen molar-refractivity contribution in [3.8, 4) is 5.69 Å². The molecule has 1 amide bonds. The third-order valence-electron chi connectivity index (χ3n) is 6.11. The van der Waals surface area contributed by atoms with Crippen LogP contribution < -0.4 is 10.2 Å². The summed E-state index contributed by atoms with van der Waals surface area (Å²) in [5, 5.41) is 7.87. The van der Waals surface area contributed by atoms with E-state index >= 15 is 0 Å². The number of rotatable bonds is 6. The number of carbonyl (C=O) groups excluding carboxylic acids is 1. The van der Waals surface area contributed by atoms with Crippen LogP contribution in [0.4, 0.5) is 11.4 Å². The van der Waals surface area contributed by atoms with Crippen molar-refractivity contribution in [3.63, 3.8) is 0 Å². The number of carbonyl (C=O) groups is 1. The lowest BCUT2D eigenvalue weighted by Crippen LogP contribution is -2.47. The maximum absolute atomic E-state index is 12.8. The molecule has 2 aromatic carbocycles. The number of aryl methyl sites for hydroxylation is 1. The Morgan fingerprint density at radius 3 is 2.62 bits per heavy atom. The van der Waals surface area contributed by atoms with Crippen LogP contribution in [0.15, 0.2) is 48.5 Å². The van der Waals surface area contributed by atoms with E-state index in [1.807, 2.05) is 36.4 Å². The fraction of sp³-hybridized carbons (Fsp3) is 0.375. The maximum Gasteiger partial charge on any atom is 0.295 e. The van der Waals surface area contributed by atoms with Crippen LogP contribution in [0.1, 0.15) is 29.3 Å². The number of aromatic nitrogens is 3. The predicted molar refractivity (Wildman–Crippen MR) is 127 cm³/mol. The van der Waals surface area contributed by atoms with Gasteiger partial charge in [0.1, 0.15) is 5.82 Å². The van der Waals surface area contributed by atoms with Gasteiger partial charge in [0.2, 0.25) is 5.82 Å². The minimum absolute atomic E-state index is 0.113. The van der Waals surface area contributed by atoms with E-state index in [2.05, 4.69) is 31.3 Å². The summed E-state index contributed by atoms with van der Waals surface area (Å²) in [6.07, 6.45) is 2.79. The van der Waals surface area contributed by atoms with Crippen molar-refractivity contribution in [3.05, 3.63) is 65.2 Å². The lowest BCUT2D eigenvalue weighted by atomic mass is 10.2. The van der Waals surface area contributed by atoms with Crippen molar-refractivity contribution in [2.45, 2.75) is 19.8 Å². The number of nitrogens with one attached hydrogen (secondary N) is 1. The van der Waals surface area contributed by atoms with Crippen LogP contribution in [-0.2, 0) is 0 Å². The van der Waals surface area contributed by atoms with Crippen LogP contribution in [0, 0.1) is 12.8 Å². The van der Waals surface area contributed by atoms with E-state index in [1.165, 1.54) is 19.4 Å². The zero-order chi connectivity index (χ0) is 22.1. The molecule has 0 atom stereocenters. The minimum atomic E-state index is -0.342. The second-order valence-electron chi connectivity index (χ2n) is 8.58.